The quantitative estimate of drug-likeness (QED) is 0.601. The van der Waals surface area contributed by atoms with Crippen molar-refractivity contribution in [1.29, 1.82) is 0 Å². The van der Waals surface area contributed by atoms with E-state index in [0.29, 0.717) is 18.9 Å². The van der Waals surface area contributed by atoms with Crippen molar-refractivity contribution in [2.45, 2.75) is 26.4 Å². The van der Waals surface area contributed by atoms with Gasteiger partial charge in [0.2, 0.25) is 5.95 Å². The molecular formula is C22H23FN4O2. The van der Waals surface area contributed by atoms with Crippen LogP contribution in [0.3, 0.4) is 0 Å². The molecular weight excluding hydrogens is 371 g/mol. The summed E-state index contributed by atoms with van der Waals surface area (Å²) in [7, 11) is 0. The lowest BCUT2D eigenvalue weighted by Gasteiger charge is -2.11. The van der Waals surface area contributed by atoms with Crippen LogP contribution in [0, 0.1) is 5.82 Å². The van der Waals surface area contributed by atoms with Crippen LogP contribution in [0.4, 0.5) is 16.0 Å². The van der Waals surface area contributed by atoms with Crippen molar-refractivity contribution >= 4 is 17.5 Å². The first-order chi connectivity index (χ1) is 14.0. The lowest BCUT2D eigenvalue weighted by atomic mass is 10.1. The van der Waals surface area contributed by atoms with Gasteiger partial charge < -0.3 is 15.4 Å². The van der Waals surface area contributed by atoms with Gasteiger partial charge in [-0.3, -0.25) is 4.79 Å². The molecule has 0 atom stereocenters. The average Bonchev–Trinajstić information content (AvgIpc) is 2.71. The van der Waals surface area contributed by atoms with Crippen molar-refractivity contribution in [1.82, 2.24) is 15.3 Å². The Balaban J connectivity index is 1.55. The SMILES string of the molecule is CC(C)Oc1ccc(Nc2nccc(C(=O)NCCc3ccc(F)cc3)n2)cc1. The highest BCUT2D eigenvalue weighted by molar-refractivity contribution is 5.92. The van der Waals surface area contributed by atoms with Gasteiger partial charge in [-0.1, -0.05) is 12.1 Å². The van der Waals surface area contributed by atoms with Gasteiger partial charge in [0, 0.05) is 18.4 Å². The van der Waals surface area contributed by atoms with E-state index in [9.17, 15) is 9.18 Å². The molecule has 150 valence electrons. The Kier molecular flexibility index (Phi) is 6.73. The number of ether oxygens (including phenoxy) is 1. The average molecular weight is 394 g/mol. The maximum absolute atomic E-state index is 12.9. The Bertz CT molecular complexity index is 944. The summed E-state index contributed by atoms with van der Waals surface area (Å²) >= 11 is 0. The minimum absolute atomic E-state index is 0.107. The highest BCUT2D eigenvalue weighted by Gasteiger charge is 2.09. The molecule has 0 unspecified atom stereocenters. The van der Waals surface area contributed by atoms with Gasteiger partial charge in [0.1, 0.15) is 17.3 Å². The number of amides is 1. The van der Waals surface area contributed by atoms with Crippen molar-refractivity contribution in [3.05, 3.63) is 77.9 Å². The number of nitrogens with one attached hydrogen (secondary N) is 2. The van der Waals surface area contributed by atoms with E-state index in [4.69, 9.17) is 4.74 Å². The third-order valence-corrected chi connectivity index (χ3v) is 3.98. The van der Waals surface area contributed by atoms with E-state index in [0.717, 1.165) is 17.0 Å². The van der Waals surface area contributed by atoms with Crippen LogP contribution in [0.25, 0.3) is 0 Å². The van der Waals surface area contributed by atoms with Crippen LogP contribution < -0.4 is 15.4 Å². The Labute approximate surface area is 169 Å². The first kappa shape index (κ1) is 20.3. The normalized spacial score (nSPS) is 10.6. The van der Waals surface area contributed by atoms with E-state index >= 15 is 0 Å². The molecule has 29 heavy (non-hydrogen) atoms. The number of hydrogen-bond donors (Lipinski definition) is 2. The molecule has 1 heterocycles. The molecule has 0 radical (unpaired) electrons. The number of carbonyl (C=O) groups excluding carboxylic acids is 1. The molecule has 0 spiro atoms. The van der Waals surface area contributed by atoms with E-state index in [1.165, 1.54) is 18.3 Å². The van der Waals surface area contributed by atoms with Crippen molar-refractivity contribution in [3.63, 3.8) is 0 Å². The van der Waals surface area contributed by atoms with Gasteiger partial charge >= 0.3 is 0 Å². The van der Waals surface area contributed by atoms with Crippen LogP contribution >= 0.6 is 0 Å². The maximum Gasteiger partial charge on any atom is 0.270 e. The van der Waals surface area contributed by atoms with E-state index in [1.54, 1.807) is 18.2 Å². The van der Waals surface area contributed by atoms with Gasteiger partial charge in [-0.05, 0) is 68.3 Å². The number of carbonyl (C=O) groups is 1. The number of hydrogen-bond acceptors (Lipinski definition) is 5. The fourth-order valence-corrected chi connectivity index (χ4v) is 2.63. The van der Waals surface area contributed by atoms with Gasteiger partial charge in [0.25, 0.3) is 5.91 Å². The molecule has 3 rings (SSSR count). The number of halogens is 1. The summed E-state index contributed by atoms with van der Waals surface area (Å²) < 4.78 is 18.5. The fourth-order valence-electron chi connectivity index (χ4n) is 2.63. The van der Waals surface area contributed by atoms with Crippen molar-refractivity contribution in [2.24, 2.45) is 0 Å². The molecule has 1 aromatic heterocycles. The second kappa shape index (κ2) is 9.64. The molecule has 0 saturated carbocycles. The molecule has 7 heteroatoms. The number of aromatic nitrogens is 2. The van der Waals surface area contributed by atoms with Gasteiger partial charge in [0.05, 0.1) is 6.10 Å². The predicted octanol–water partition coefficient (Wildman–Crippen LogP) is 4.12. The molecule has 1 amide bonds. The van der Waals surface area contributed by atoms with Crippen LogP contribution in [0.2, 0.25) is 0 Å². The second-order valence-electron chi connectivity index (χ2n) is 6.71. The van der Waals surface area contributed by atoms with Gasteiger partial charge in [-0.15, -0.1) is 0 Å². The fraction of sp³-hybridized carbons (Fsp3) is 0.227. The van der Waals surface area contributed by atoms with Crippen molar-refractivity contribution in [3.8, 4) is 5.75 Å². The zero-order valence-corrected chi connectivity index (χ0v) is 16.4. The minimum Gasteiger partial charge on any atom is -0.491 e. The van der Waals surface area contributed by atoms with E-state index in [2.05, 4.69) is 20.6 Å². The second-order valence-corrected chi connectivity index (χ2v) is 6.71. The molecule has 0 bridgehead atoms. The summed E-state index contributed by atoms with van der Waals surface area (Å²) in [5.74, 6) is 0.536. The summed E-state index contributed by atoms with van der Waals surface area (Å²) in [6.45, 7) is 4.36. The summed E-state index contributed by atoms with van der Waals surface area (Å²) in [6, 6.07) is 15.2. The van der Waals surface area contributed by atoms with Crippen LogP contribution in [0.5, 0.6) is 5.75 Å². The van der Waals surface area contributed by atoms with Crippen LogP contribution in [0.15, 0.2) is 60.8 Å². The maximum atomic E-state index is 12.9. The van der Waals surface area contributed by atoms with Gasteiger partial charge in [-0.25, -0.2) is 14.4 Å². The largest absolute Gasteiger partial charge is 0.491 e. The van der Waals surface area contributed by atoms with E-state index < -0.39 is 0 Å². The molecule has 0 aliphatic rings. The molecule has 2 N–H and O–H groups in total. The lowest BCUT2D eigenvalue weighted by molar-refractivity contribution is 0.0949. The first-order valence-electron chi connectivity index (χ1n) is 9.39. The molecule has 6 nitrogen and oxygen atoms in total. The standard InChI is InChI=1S/C22H23FN4O2/c1-15(2)29-19-9-7-18(8-10-19)26-22-25-14-12-20(27-22)21(28)24-13-11-16-3-5-17(23)6-4-16/h3-10,12,14-15H,11,13H2,1-2H3,(H,24,28)(H,25,26,27). The third-order valence-electron chi connectivity index (χ3n) is 3.98. The van der Waals surface area contributed by atoms with Gasteiger partial charge in [-0.2, -0.15) is 0 Å². The van der Waals surface area contributed by atoms with Crippen LogP contribution in [-0.2, 0) is 6.42 Å². The number of rotatable bonds is 8. The number of benzene rings is 2. The Morgan fingerprint density at radius 3 is 2.48 bits per heavy atom. The predicted molar refractivity (Wildman–Crippen MR) is 110 cm³/mol. The number of nitrogens with zero attached hydrogens (tertiary/aromatic N) is 2. The molecule has 0 aliphatic carbocycles. The summed E-state index contributed by atoms with van der Waals surface area (Å²) in [5, 5.41) is 5.89. The Morgan fingerprint density at radius 1 is 1.07 bits per heavy atom. The van der Waals surface area contributed by atoms with E-state index in [-0.39, 0.29) is 23.5 Å². The summed E-state index contributed by atoms with van der Waals surface area (Å²) in [4.78, 5) is 20.8. The topological polar surface area (TPSA) is 76.1 Å². The molecule has 2 aromatic carbocycles. The van der Waals surface area contributed by atoms with Crippen LogP contribution in [0.1, 0.15) is 29.9 Å². The summed E-state index contributed by atoms with van der Waals surface area (Å²) in [6.07, 6.45) is 2.24. The van der Waals surface area contributed by atoms with Crippen molar-refractivity contribution in [2.75, 3.05) is 11.9 Å². The first-order valence-corrected chi connectivity index (χ1v) is 9.39. The molecule has 0 saturated heterocycles. The van der Waals surface area contributed by atoms with Crippen molar-refractivity contribution < 1.29 is 13.9 Å². The molecule has 0 aliphatic heterocycles. The zero-order chi connectivity index (χ0) is 20.6. The summed E-state index contributed by atoms with van der Waals surface area (Å²) in [5.41, 5.74) is 2.00. The Morgan fingerprint density at radius 2 is 1.79 bits per heavy atom. The van der Waals surface area contributed by atoms with E-state index in [1.807, 2.05) is 38.1 Å². The minimum atomic E-state index is -0.293. The molecule has 3 aromatic rings. The highest BCUT2D eigenvalue weighted by atomic mass is 19.1. The molecule has 0 fully saturated rings. The zero-order valence-electron chi connectivity index (χ0n) is 16.4. The van der Waals surface area contributed by atoms with Crippen LogP contribution in [-0.4, -0.2) is 28.5 Å². The Hall–Kier alpha value is -3.48. The number of anilines is 2. The smallest absolute Gasteiger partial charge is 0.270 e. The highest BCUT2D eigenvalue weighted by Crippen LogP contribution is 2.19. The third kappa shape index (κ3) is 6.27. The monoisotopic (exact) mass is 394 g/mol. The van der Waals surface area contributed by atoms with Gasteiger partial charge in [0.15, 0.2) is 0 Å². The lowest BCUT2D eigenvalue weighted by Crippen LogP contribution is -2.26.